The van der Waals surface area contributed by atoms with Crippen molar-refractivity contribution in [3.63, 3.8) is 0 Å². The van der Waals surface area contributed by atoms with Crippen molar-refractivity contribution in [2.45, 2.75) is 46.3 Å². The minimum Gasteiger partial charge on any atom is -0.345 e. The van der Waals surface area contributed by atoms with Crippen molar-refractivity contribution in [1.29, 1.82) is 0 Å². The number of amides is 1. The van der Waals surface area contributed by atoms with Gasteiger partial charge in [-0.25, -0.2) is 0 Å². The van der Waals surface area contributed by atoms with E-state index in [1.165, 1.54) is 5.56 Å². The van der Waals surface area contributed by atoms with E-state index in [1.54, 1.807) is 6.92 Å². The molecule has 112 valence electrons. The molecule has 0 fully saturated rings. The lowest BCUT2D eigenvalue weighted by molar-refractivity contribution is -0.134. The summed E-state index contributed by atoms with van der Waals surface area (Å²) in [5.74, 6) is 0.106. The summed E-state index contributed by atoms with van der Waals surface area (Å²) >= 11 is 0. The van der Waals surface area contributed by atoms with Crippen molar-refractivity contribution in [3.8, 4) is 0 Å². The standard InChI is InChI=1S/C18H24N2O/c1-15(21)20(18(2,3)4)14-17-11-8-12-19(17)13-16-9-6-5-7-10-16/h5-12H,13-14H2,1-4H3. The van der Waals surface area contributed by atoms with Crippen LogP contribution in [-0.4, -0.2) is 20.9 Å². The van der Waals surface area contributed by atoms with Gasteiger partial charge in [0.05, 0.1) is 6.54 Å². The minimum absolute atomic E-state index is 0.106. The fourth-order valence-corrected chi connectivity index (χ4v) is 2.51. The third kappa shape index (κ3) is 3.97. The van der Waals surface area contributed by atoms with Gasteiger partial charge in [-0.05, 0) is 38.5 Å². The van der Waals surface area contributed by atoms with Gasteiger partial charge in [0.15, 0.2) is 0 Å². The third-order valence-electron chi connectivity index (χ3n) is 3.63. The molecule has 3 heteroatoms. The Morgan fingerprint density at radius 3 is 2.33 bits per heavy atom. The largest absolute Gasteiger partial charge is 0.345 e. The van der Waals surface area contributed by atoms with E-state index in [9.17, 15) is 4.79 Å². The van der Waals surface area contributed by atoms with Crippen LogP contribution in [0.4, 0.5) is 0 Å². The molecule has 0 radical (unpaired) electrons. The summed E-state index contributed by atoms with van der Waals surface area (Å²) in [7, 11) is 0. The van der Waals surface area contributed by atoms with E-state index in [4.69, 9.17) is 0 Å². The second-order valence-electron chi connectivity index (χ2n) is 6.39. The highest BCUT2D eigenvalue weighted by molar-refractivity contribution is 5.74. The van der Waals surface area contributed by atoms with Crippen LogP contribution in [0.5, 0.6) is 0 Å². The zero-order valence-electron chi connectivity index (χ0n) is 13.3. The average molecular weight is 284 g/mol. The van der Waals surface area contributed by atoms with Gasteiger partial charge >= 0.3 is 0 Å². The summed E-state index contributed by atoms with van der Waals surface area (Å²) in [5, 5.41) is 0. The molecular weight excluding hydrogens is 260 g/mol. The van der Waals surface area contributed by atoms with E-state index in [0.717, 1.165) is 12.2 Å². The summed E-state index contributed by atoms with van der Waals surface area (Å²) in [4.78, 5) is 13.8. The number of rotatable bonds is 4. The quantitative estimate of drug-likeness (QED) is 0.840. The van der Waals surface area contributed by atoms with Gasteiger partial charge in [-0.3, -0.25) is 4.79 Å². The predicted octanol–water partition coefficient (Wildman–Crippen LogP) is 3.68. The Morgan fingerprint density at radius 1 is 1.10 bits per heavy atom. The first-order valence-corrected chi connectivity index (χ1v) is 7.34. The van der Waals surface area contributed by atoms with Gasteiger partial charge in [0.25, 0.3) is 0 Å². The zero-order valence-corrected chi connectivity index (χ0v) is 13.3. The number of carbonyl (C=O) groups excluding carboxylic acids is 1. The molecule has 3 nitrogen and oxygen atoms in total. The Labute approximate surface area is 127 Å². The second-order valence-corrected chi connectivity index (χ2v) is 6.39. The topological polar surface area (TPSA) is 25.2 Å². The fraction of sp³-hybridized carbons (Fsp3) is 0.389. The first-order valence-electron chi connectivity index (χ1n) is 7.34. The molecular formula is C18H24N2O. The number of aromatic nitrogens is 1. The summed E-state index contributed by atoms with van der Waals surface area (Å²) in [6, 6.07) is 14.5. The highest BCUT2D eigenvalue weighted by Crippen LogP contribution is 2.18. The maximum Gasteiger partial charge on any atom is 0.220 e. The number of hydrogen-bond donors (Lipinski definition) is 0. The second kappa shape index (κ2) is 6.17. The summed E-state index contributed by atoms with van der Waals surface area (Å²) in [6.45, 7) is 9.31. The van der Waals surface area contributed by atoms with E-state index >= 15 is 0 Å². The van der Waals surface area contributed by atoms with E-state index in [2.05, 4.69) is 61.9 Å². The molecule has 2 rings (SSSR count). The molecule has 0 N–H and O–H groups in total. The van der Waals surface area contributed by atoms with Gasteiger partial charge in [-0.15, -0.1) is 0 Å². The highest BCUT2D eigenvalue weighted by atomic mass is 16.2. The van der Waals surface area contributed by atoms with Crippen molar-refractivity contribution in [1.82, 2.24) is 9.47 Å². The Kier molecular flexibility index (Phi) is 4.51. The molecule has 1 amide bonds. The van der Waals surface area contributed by atoms with Crippen LogP contribution < -0.4 is 0 Å². The molecule has 0 saturated heterocycles. The van der Waals surface area contributed by atoms with Gasteiger partial charge < -0.3 is 9.47 Å². The fourth-order valence-electron chi connectivity index (χ4n) is 2.51. The number of hydrogen-bond acceptors (Lipinski definition) is 1. The van der Waals surface area contributed by atoms with Crippen molar-refractivity contribution < 1.29 is 4.79 Å². The van der Waals surface area contributed by atoms with Gasteiger partial charge in [0.2, 0.25) is 5.91 Å². The van der Waals surface area contributed by atoms with Crippen molar-refractivity contribution in [2.24, 2.45) is 0 Å². The van der Waals surface area contributed by atoms with Crippen molar-refractivity contribution >= 4 is 5.91 Å². The van der Waals surface area contributed by atoms with Crippen LogP contribution in [0, 0.1) is 0 Å². The van der Waals surface area contributed by atoms with E-state index in [1.807, 2.05) is 17.0 Å². The SMILES string of the molecule is CC(=O)N(Cc1cccn1Cc1ccccc1)C(C)(C)C. The smallest absolute Gasteiger partial charge is 0.220 e. The lowest BCUT2D eigenvalue weighted by Gasteiger charge is -2.35. The molecule has 0 bridgehead atoms. The lowest BCUT2D eigenvalue weighted by atomic mass is 10.1. The maximum atomic E-state index is 11.9. The Balaban J connectivity index is 2.18. The molecule has 0 aliphatic rings. The number of carbonyl (C=O) groups is 1. The van der Waals surface area contributed by atoms with E-state index in [-0.39, 0.29) is 11.4 Å². The van der Waals surface area contributed by atoms with Gasteiger partial charge in [0.1, 0.15) is 0 Å². The molecule has 0 aliphatic heterocycles. The number of nitrogens with zero attached hydrogens (tertiary/aromatic N) is 2. The molecule has 1 aromatic heterocycles. The van der Waals surface area contributed by atoms with Crippen LogP contribution >= 0.6 is 0 Å². The highest BCUT2D eigenvalue weighted by Gasteiger charge is 2.24. The molecule has 21 heavy (non-hydrogen) atoms. The van der Waals surface area contributed by atoms with Gasteiger partial charge in [-0.2, -0.15) is 0 Å². The molecule has 0 saturated carbocycles. The van der Waals surface area contributed by atoms with Crippen LogP contribution in [0.15, 0.2) is 48.7 Å². The van der Waals surface area contributed by atoms with Gasteiger partial charge in [-0.1, -0.05) is 30.3 Å². The Morgan fingerprint density at radius 2 is 1.76 bits per heavy atom. The average Bonchev–Trinajstić information content (AvgIpc) is 2.82. The Hall–Kier alpha value is -2.03. The van der Waals surface area contributed by atoms with Crippen LogP contribution in [0.1, 0.15) is 39.0 Å². The molecule has 0 atom stereocenters. The normalized spacial score (nSPS) is 11.4. The monoisotopic (exact) mass is 284 g/mol. The van der Waals surface area contributed by atoms with E-state index < -0.39 is 0 Å². The maximum absolute atomic E-state index is 11.9. The predicted molar refractivity (Wildman–Crippen MR) is 86.0 cm³/mol. The number of benzene rings is 1. The molecule has 0 aliphatic carbocycles. The molecule has 0 spiro atoms. The first-order chi connectivity index (χ1) is 9.88. The third-order valence-corrected chi connectivity index (χ3v) is 3.63. The molecule has 1 heterocycles. The zero-order chi connectivity index (χ0) is 15.5. The molecule has 1 aromatic carbocycles. The van der Waals surface area contributed by atoms with Crippen molar-refractivity contribution in [3.05, 3.63) is 59.9 Å². The van der Waals surface area contributed by atoms with E-state index in [0.29, 0.717) is 6.54 Å². The van der Waals surface area contributed by atoms with Crippen LogP contribution in [0.3, 0.4) is 0 Å². The minimum atomic E-state index is -0.173. The van der Waals surface area contributed by atoms with Crippen LogP contribution in [0.2, 0.25) is 0 Å². The van der Waals surface area contributed by atoms with Crippen LogP contribution in [-0.2, 0) is 17.9 Å². The first kappa shape index (κ1) is 15.4. The Bertz CT molecular complexity index is 593. The summed E-state index contributed by atoms with van der Waals surface area (Å²) in [6.07, 6.45) is 2.07. The summed E-state index contributed by atoms with van der Waals surface area (Å²) in [5.41, 5.74) is 2.25. The summed E-state index contributed by atoms with van der Waals surface area (Å²) < 4.78 is 2.21. The van der Waals surface area contributed by atoms with Crippen molar-refractivity contribution in [2.75, 3.05) is 0 Å². The van der Waals surface area contributed by atoms with Gasteiger partial charge in [0, 0.05) is 30.9 Å². The molecule has 2 aromatic rings. The molecule has 0 unspecified atom stereocenters. The lowest BCUT2D eigenvalue weighted by Crippen LogP contribution is -2.44. The van der Waals surface area contributed by atoms with Crippen LogP contribution in [0.25, 0.3) is 0 Å².